The van der Waals surface area contributed by atoms with Crippen LogP contribution in [0, 0.1) is 0 Å². The minimum atomic E-state index is -0.140. The van der Waals surface area contributed by atoms with Crippen molar-refractivity contribution < 1.29 is 9.53 Å². The summed E-state index contributed by atoms with van der Waals surface area (Å²) in [5.74, 6) is 0.153. The molecule has 2 heterocycles. The number of halogens is 1. The van der Waals surface area contributed by atoms with Gasteiger partial charge in [0, 0.05) is 18.1 Å². The monoisotopic (exact) mass is 342 g/mol. The van der Waals surface area contributed by atoms with Crippen LogP contribution in [0.4, 0.5) is 0 Å². The van der Waals surface area contributed by atoms with E-state index < -0.39 is 0 Å². The van der Waals surface area contributed by atoms with Crippen LogP contribution in [0.1, 0.15) is 6.92 Å². The lowest BCUT2D eigenvalue weighted by Gasteiger charge is -2.28. The molecular weight excluding hydrogens is 328 g/mol. The summed E-state index contributed by atoms with van der Waals surface area (Å²) in [5.41, 5.74) is 0.890. The Morgan fingerprint density at radius 1 is 1.48 bits per heavy atom. The van der Waals surface area contributed by atoms with Crippen molar-refractivity contribution in [2.45, 2.75) is 16.5 Å². The third-order valence-corrected chi connectivity index (χ3v) is 5.73. The number of aromatic nitrogens is 1. The van der Waals surface area contributed by atoms with Crippen molar-refractivity contribution in [2.24, 2.45) is 0 Å². The molecule has 1 aliphatic heterocycles. The second-order valence-corrected chi connectivity index (χ2v) is 7.84. The highest BCUT2D eigenvalue weighted by molar-refractivity contribution is 8.02. The van der Waals surface area contributed by atoms with Gasteiger partial charge in [-0.3, -0.25) is 4.79 Å². The predicted octanol–water partition coefficient (Wildman–Crippen LogP) is 3.29. The van der Waals surface area contributed by atoms with E-state index in [0.717, 1.165) is 14.6 Å². The van der Waals surface area contributed by atoms with Crippen molar-refractivity contribution in [1.29, 1.82) is 0 Å². The zero-order valence-corrected chi connectivity index (χ0v) is 13.9. The van der Waals surface area contributed by atoms with Gasteiger partial charge in [-0.2, -0.15) is 0 Å². The van der Waals surface area contributed by atoms with Gasteiger partial charge in [-0.15, -0.1) is 11.3 Å². The van der Waals surface area contributed by atoms with E-state index in [1.54, 1.807) is 11.3 Å². The molecule has 112 valence electrons. The van der Waals surface area contributed by atoms with Crippen LogP contribution < -0.4 is 0 Å². The number of morpholine rings is 1. The molecule has 1 saturated heterocycles. The molecule has 0 aliphatic carbocycles. The van der Waals surface area contributed by atoms with Gasteiger partial charge in [0.1, 0.15) is 0 Å². The average molecular weight is 343 g/mol. The third kappa shape index (κ3) is 3.51. The fourth-order valence-corrected chi connectivity index (χ4v) is 4.61. The van der Waals surface area contributed by atoms with Crippen LogP contribution in [-0.4, -0.2) is 47.3 Å². The van der Waals surface area contributed by atoms with Crippen LogP contribution in [0.2, 0.25) is 5.02 Å². The predicted molar refractivity (Wildman–Crippen MR) is 87.3 cm³/mol. The smallest absolute Gasteiger partial charge is 0.236 e. The molecule has 1 aromatic carbocycles. The van der Waals surface area contributed by atoms with Crippen molar-refractivity contribution >= 4 is 50.8 Å². The van der Waals surface area contributed by atoms with Crippen molar-refractivity contribution in [3.05, 3.63) is 23.2 Å². The lowest BCUT2D eigenvalue weighted by Crippen LogP contribution is -2.44. The van der Waals surface area contributed by atoms with E-state index in [9.17, 15) is 4.79 Å². The number of hydrogen-bond acceptors (Lipinski definition) is 5. The molecule has 1 aliphatic rings. The Morgan fingerprint density at radius 2 is 2.24 bits per heavy atom. The summed E-state index contributed by atoms with van der Waals surface area (Å²) < 4.78 is 7.27. The summed E-state index contributed by atoms with van der Waals surface area (Å²) in [6, 6.07) is 5.68. The summed E-state index contributed by atoms with van der Waals surface area (Å²) in [4.78, 5) is 18.8. The van der Waals surface area contributed by atoms with E-state index in [1.165, 1.54) is 11.8 Å². The quantitative estimate of drug-likeness (QED) is 0.803. The zero-order valence-electron chi connectivity index (χ0n) is 11.5. The summed E-state index contributed by atoms with van der Waals surface area (Å²) >= 11 is 9.08. The van der Waals surface area contributed by atoms with Crippen molar-refractivity contribution in [1.82, 2.24) is 9.88 Å². The Labute approximate surface area is 136 Å². The Hall–Kier alpha value is -0.820. The van der Waals surface area contributed by atoms with E-state index >= 15 is 0 Å². The summed E-state index contributed by atoms with van der Waals surface area (Å²) in [6.45, 7) is 4.55. The molecule has 3 rings (SSSR count). The number of hydrogen-bond donors (Lipinski definition) is 0. The molecule has 21 heavy (non-hydrogen) atoms. The molecule has 1 fully saturated rings. The topological polar surface area (TPSA) is 42.4 Å². The van der Waals surface area contributed by atoms with Gasteiger partial charge in [-0.25, -0.2) is 4.98 Å². The fourth-order valence-electron chi connectivity index (χ4n) is 2.17. The van der Waals surface area contributed by atoms with Crippen LogP contribution in [-0.2, 0) is 9.53 Å². The molecule has 0 spiro atoms. The van der Waals surface area contributed by atoms with Crippen LogP contribution in [0.15, 0.2) is 22.5 Å². The number of rotatable bonds is 3. The fraction of sp³-hybridized carbons (Fsp3) is 0.429. The first-order chi connectivity index (χ1) is 10.1. The van der Waals surface area contributed by atoms with Crippen molar-refractivity contribution in [3.63, 3.8) is 0 Å². The standard InChI is InChI=1S/C14H15ClN2O2S2/c1-9(13(18)17-4-6-19-7-5-17)20-14-16-11-8-10(15)2-3-12(11)21-14/h2-3,8-9H,4-7H2,1H3. The van der Waals surface area contributed by atoms with Gasteiger partial charge in [-0.05, 0) is 25.1 Å². The molecule has 4 nitrogen and oxygen atoms in total. The van der Waals surface area contributed by atoms with Gasteiger partial charge < -0.3 is 9.64 Å². The molecule has 0 saturated carbocycles. The van der Waals surface area contributed by atoms with Crippen LogP contribution in [0.5, 0.6) is 0 Å². The average Bonchev–Trinajstić information content (AvgIpc) is 2.88. The number of thioether (sulfide) groups is 1. The Balaban J connectivity index is 1.70. The molecule has 7 heteroatoms. The van der Waals surface area contributed by atoms with Gasteiger partial charge in [0.05, 0.1) is 28.7 Å². The number of thiazole rings is 1. The Kier molecular flexibility index (Phi) is 4.69. The minimum Gasteiger partial charge on any atom is -0.378 e. The highest BCUT2D eigenvalue weighted by atomic mass is 35.5. The van der Waals surface area contributed by atoms with Gasteiger partial charge >= 0.3 is 0 Å². The Bertz CT molecular complexity index is 655. The highest BCUT2D eigenvalue weighted by Crippen LogP contribution is 2.33. The summed E-state index contributed by atoms with van der Waals surface area (Å²) in [6.07, 6.45) is 0. The van der Waals surface area contributed by atoms with E-state index in [2.05, 4.69) is 4.98 Å². The molecule has 1 unspecified atom stereocenters. The number of carbonyl (C=O) groups is 1. The number of amides is 1. The van der Waals surface area contributed by atoms with E-state index in [4.69, 9.17) is 16.3 Å². The van der Waals surface area contributed by atoms with Gasteiger partial charge in [0.15, 0.2) is 4.34 Å². The maximum Gasteiger partial charge on any atom is 0.236 e. The number of carbonyl (C=O) groups excluding carboxylic acids is 1. The summed E-state index contributed by atoms with van der Waals surface area (Å²) in [7, 11) is 0. The second-order valence-electron chi connectivity index (χ2n) is 4.79. The largest absolute Gasteiger partial charge is 0.378 e. The molecule has 2 aromatic rings. The van der Waals surface area contributed by atoms with Gasteiger partial charge in [-0.1, -0.05) is 23.4 Å². The first kappa shape index (κ1) is 15.1. The van der Waals surface area contributed by atoms with E-state index in [1.807, 2.05) is 30.0 Å². The number of benzene rings is 1. The minimum absolute atomic E-state index is 0.140. The van der Waals surface area contributed by atoms with Crippen molar-refractivity contribution in [3.8, 4) is 0 Å². The van der Waals surface area contributed by atoms with Crippen LogP contribution >= 0.6 is 34.7 Å². The number of fused-ring (bicyclic) bond motifs is 1. The van der Waals surface area contributed by atoms with Crippen LogP contribution in [0.3, 0.4) is 0 Å². The number of nitrogens with zero attached hydrogens (tertiary/aromatic N) is 2. The Morgan fingerprint density at radius 3 is 3.00 bits per heavy atom. The lowest BCUT2D eigenvalue weighted by molar-refractivity contribution is -0.134. The van der Waals surface area contributed by atoms with E-state index in [-0.39, 0.29) is 11.2 Å². The number of ether oxygens (including phenoxy) is 1. The van der Waals surface area contributed by atoms with Crippen LogP contribution in [0.25, 0.3) is 10.2 Å². The second kappa shape index (κ2) is 6.52. The lowest BCUT2D eigenvalue weighted by atomic mass is 10.3. The third-order valence-electron chi connectivity index (χ3n) is 3.28. The first-order valence-electron chi connectivity index (χ1n) is 6.73. The van der Waals surface area contributed by atoms with Crippen molar-refractivity contribution in [2.75, 3.05) is 26.3 Å². The molecule has 0 N–H and O–H groups in total. The molecular formula is C14H15ClN2O2S2. The highest BCUT2D eigenvalue weighted by Gasteiger charge is 2.24. The normalized spacial score (nSPS) is 17.1. The zero-order chi connectivity index (χ0) is 14.8. The van der Waals surface area contributed by atoms with Gasteiger partial charge in [0.25, 0.3) is 0 Å². The molecule has 0 radical (unpaired) electrons. The maximum atomic E-state index is 12.4. The first-order valence-corrected chi connectivity index (χ1v) is 8.80. The van der Waals surface area contributed by atoms with Gasteiger partial charge in [0.2, 0.25) is 5.91 Å². The maximum absolute atomic E-state index is 12.4. The van der Waals surface area contributed by atoms with E-state index in [0.29, 0.717) is 31.3 Å². The SMILES string of the molecule is CC(Sc1nc2cc(Cl)ccc2s1)C(=O)N1CCOCC1. The molecule has 0 bridgehead atoms. The summed E-state index contributed by atoms with van der Waals surface area (Å²) in [5, 5.41) is 0.543. The molecule has 1 aromatic heterocycles. The molecule has 1 atom stereocenters. The molecule has 1 amide bonds.